The Morgan fingerprint density at radius 1 is 1.16 bits per heavy atom. The molecule has 0 unspecified atom stereocenters. The van der Waals surface area contributed by atoms with Crippen LogP contribution in [-0.2, 0) is 0 Å². The van der Waals surface area contributed by atoms with E-state index in [9.17, 15) is 0 Å². The number of nitriles is 1. The summed E-state index contributed by atoms with van der Waals surface area (Å²) in [5, 5.41) is 12.0. The molecule has 3 nitrogen and oxygen atoms in total. The van der Waals surface area contributed by atoms with Crippen molar-refractivity contribution in [2.45, 2.75) is 6.92 Å². The molecule has 96 valence electrons. The molecule has 0 bridgehead atoms. The zero-order chi connectivity index (χ0) is 13.5. The maximum absolute atomic E-state index is 8.69. The summed E-state index contributed by atoms with van der Waals surface area (Å²) in [5.74, 6) is 0.782. The minimum Gasteiger partial charge on any atom is -0.492 e. The molecule has 3 heteroatoms. The van der Waals surface area contributed by atoms with Gasteiger partial charge < -0.3 is 10.1 Å². The molecule has 0 atom stereocenters. The van der Waals surface area contributed by atoms with Crippen molar-refractivity contribution in [3.63, 3.8) is 0 Å². The molecule has 0 spiro atoms. The molecule has 1 N–H and O–H groups in total. The van der Waals surface area contributed by atoms with Gasteiger partial charge in [-0.3, -0.25) is 0 Å². The standard InChI is InChI=1S/C16H16N2O/c1-13-3-2-4-15(11-13)18-9-10-19-16-7-5-14(12-17)6-8-16/h2-8,11,18H,9-10H2,1H3. The second-order valence-electron chi connectivity index (χ2n) is 4.28. The van der Waals surface area contributed by atoms with Crippen LogP contribution in [0, 0.1) is 18.3 Å². The van der Waals surface area contributed by atoms with Crippen molar-refractivity contribution < 1.29 is 4.74 Å². The van der Waals surface area contributed by atoms with Crippen molar-refractivity contribution in [1.82, 2.24) is 0 Å². The molecule has 0 fully saturated rings. The number of ether oxygens (including phenoxy) is 1. The third-order valence-electron chi connectivity index (χ3n) is 2.70. The number of hydrogen-bond acceptors (Lipinski definition) is 3. The number of hydrogen-bond donors (Lipinski definition) is 1. The van der Waals surface area contributed by atoms with Gasteiger partial charge >= 0.3 is 0 Å². The minimum absolute atomic E-state index is 0.583. The Morgan fingerprint density at radius 2 is 1.95 bits per heavy atom. The third kappa shape index (κ3) is 4.04. The zero-order valence-electron chi connectivity index (χ0n) is 10.9. The Kier molecular flexibility index (Phi) is 4.41. The number of benzene rings is 2. The first-order valence-corrected chi connectivity index (χ1v) is 6.21. The van der Waals surface area contributed by atoms with Crippen molar-refractivity contribution in [2.24, 2.45) is 0 Å². The maximum Gasteiger partial charge on any atom is 0.119 e. The molecule has 0 aliphatic heterocycles. The first-order valence-electron chi connectivity index (χ1n) is 6.21. The second kappa shape index (κ2) is 6.46. The van der Waals surface area contributed by atoms with Crippen LogP contribution in [0.5, 0.6) is 5.75 Å². The zero-order valence-corrected chi connectivity index (χ0v) is 10.9. The molecule has 0 radical (unpaired) electrons. The summed E-state index contributed by atoms with van der Waals surface area (Å²) in [6.45, 7) is 3.39. The van der Waals surface area contributed by atoms with E-state index in [-0.39, 0.29) is 0 Å². The van der Waals surface area contributed by atoms with E-state index in [4.69, 9.17) is 10.00 Å². The van der Waals surface area contributed by atoms with Crippen LogP contribution in [0.4, 0.5) is 5.69 Å². The van der Waals surface area contributed by atoms with E-state index in [1.807, 2.05) is 24.3 Å². The second-order valence-corrected chi connectivity index (χ2v) is 4.28. The Labute approximate surface area is 113 Å². The molecule has 0 aromatic heterocycles. The molecular weight excluding hydrogens is 236 g/mol. The molecule has 2 rings (SSSR count). The van der Waals surface area contributed by atoms with Crippen LogP contribution in [0.2, 0.25) is 0 Å². The van der Waals surface area contributed by atoms with Crippen LogP contribution in [0.15, 0.2) is 48.5 Å². The molecule has 0 saturated carbocycles. The van der Waals surface area contributed by atoms with Gasteiger partial charge in [-0.25, -0.2) is 0 Å². The van der Waals surface area contributed by atoms with Gasteiger partial charge in [0.15, 0.2) is 0 Å². The molecule has 0 aliphatic rings. The molecule has 0 aliphatic carbocycles. The molecular formula is C16H16N2O. The quantitative estimate of drug-likeness (QED) is 0.830. The Balaban J connectivity index is 1.76. The summed E-state index contributed by atoms with van der Waals surface area (Å²) in [7, 11) is 0. The van der Waals surface area contributed by atoms with Gasteiger partial charge in [-0.1, -0.05) is 12.1 Å². The summed E-state index contributed by atoms with van der Waals surface area (Å²) in [5.41, 5.74) is 2.98. The number of nitrogens with one attached hydrogen (secondary N) is 1. The highest BCUT2D eigenvalue weighted by Gasteiger charge is 1.95. The lowest BCUT2D eigenvalue weighted by molar-refractivity contribution is 0.333. The van der Waals surface area contributed by atoms with E-state index in [0.717, 1.165) is 18.0 Å². The highest BCUT2D eigenvalue weighted by Crippen LogP contribution is 2.12. The fourth-order valence-corrected chi connectivity index (χ4v) is 1.74. The summed E-state index contributed by atoms with van der Waals surface area (Å²) in [6.07, 6.45) is 0. The van der Waals surface area contributed by atoms with Gasteiger partial charge in [0.1, 0.15) is 12.4 Å². The minimum atomic E-state index is 0.583. The van der Waals surface area contributed by atoms with Crippen LogP contribution in [-0.4, -0.2) is 13.2 Å². The average molecular weight is 252 g/mol. The predicted molar refractivity (Wildman–Crippen MR) is 76.3 cm³/mol. The van der Waals surface area contributed by atoms with Gasteiger partial charge in [-0.2, -0.15) is 5.26 Å². The number of nitrogens with zero attached hydrogens (tertiary/aromatic N) is 1. The first kappa shape index (κ1) is 13.0. The molecule has 19 heavy (non-hydrogen) atoms. The SMILES string of the molecule is Cc1cccc(NCCOc2ccc(C#N)cc2)c1. The average Bonchev–Trinajstić information content (AvgIpc) is 2.44. The topological polar surface area (TPSA) is 45.0 Å². The fraction of sp³-hybridized carbons (Fsp3) is 0.188. The summed E-state index contributed by atoms with van der Waals surface area (Å²) in [4.78, 5) is 0. The third-order valence-corrected chi connectivity index (χ3v) is 2.70. The summed E-state index contributed by atoms with van der Waals surface area (Å²) >= 11 is 0. The van der Waals surface area contributed by atoms with Gasteiger partial charge in [0.05, 0.1) is 11.6 Å². The monoisotopic (exact) mass is 252 g/mol. The van der Waals surface area contributed by atoms with Crippen molar-refractivity contribution >= 4 is 5.69 Å². The molecule has 0 heterocycles. The predicted octanol–water partition coefficient (Wildman–Crippen LogP) is 3.36. The fourth-order valence-electron chi connectivity index (χ4n) is 1.74. The lowest BCUT2D eigenvalue weighted by Crippen LogP contribution is -2.11. The molecule has 2 aromatic rings. The maximum atomic E-state index is 8.69. The van der Waals surface area contributed by atoms with Crippen LogP contribution in [0.25, 0.3) is 0 Å². The molecule has 0 saturated heterocycles. The van der Waals surface area contributed by atoms with E-state index in [2.05, 4.69) is 30.4 Å². The lowest BCUT2D eigenvalue weighted by atomic mass is 10.2. The number of anilines is 1. The van der Waals surface area contributed by atoms with Gasteiger partial charge in [-0.15, -0.1) is 0 Å². The van der Waals surface area contributed by atoms with Crippen LogP contribution in [0.1, 0.15) is 11.1 Å². The van der Waals surface area contributed by atoms with Crippen molar-refractivity contribution in [3.05, 3.63) is 59.7 Å². The van der Waals surface area contributed by atoms with Gasteiger partial charge in [0, 0.05) is 12.2 Å². The van der Waals surface area contributed by atoms with E-state index in [1.54, 1.807) is 12.1 Å². The molecule has 0 amide bonds. The van der Waals surface area contributed by atoms with Gasteiger partial charge in [-0.05, 0) is 48.9 Å². The summed E-state index contributed by atoms with van der Waals surface area (Å²) in [6, 6.07) is 17.4. The van der Waals surface area contributed by atoms with E-state index >= 15 is 0 Å². The Bertz CT molecular complexity index is 570. The highest BCUT2D eigenvalue weighted by molar-refractivity contribution is 5.45. The van der Waals surface area contributed by atoms with Crippen LogP contribution < -0.4 is 10.1 Å². The van der Waals surface area contributed by atoms with Gasteiger partial charge in [0.25, 0.3) is 0 Å². The lowest BCUT2D eigenvalue weighted by Gasteiger charge is -2.09. The summed E-state index contributed by atoms with van der Waals surface area (Å²) < 4.78 is 5.59. The van der Waals surface area contributed by atoms with E-state index in [1.165, 1.54) is 5.56 Å². The van der Waals surface area contributed by atoms with Crippen LogP contribution in [0.3, 0.4) is 0 Å². The smallest absolute Gasteiger partial charge is 0.119 e. The van der Waals surface area contributed by atoms with E-state index in [0.29, 0.717) is 12.2 Å². The first-order chi connectivity index (χ1) is 9.28. The largest absolute Gasteiger partial charge is 0.492 e. The van der Waals surface area contributed by atoms with Crippen molar-refractivity contribution in [1.29, 1.82) is 5.26 Å². The van der Waals surface area contributed by atoms with Crippen molar-refractivity contribution in [2.75, 3.05) is 18.5 Å². The van der Waals surface area contributed by atoms with Gasteiger partial charge in [0.2, 0.25) is 0 Å². The Morgan fingerprint density at radius 3 is 2.63 bits per heavy atom. The molecule has 2 aromatic carbocycles. The highest BCUT2D eigenvalue weighted by atomic mass is 16.5. The van der Waals surface area contributed by atoms with Crippen molar-refractivity contribution in [3.8, 4) is 11.8 Å². The number of aryl methyl sites for hydroxylation is 1. The van der Waals surface area contributed by atoms with Crippen LogP contribution >= 0.6 is 0 Å². The normalized spacial score (nSPS) is 9.68. The Hall–Kier alpha value is -2.47. The van der Waals surface area contributed by atoms with E-state index < -0.39 is 0 Å². The number of rotatable bonds is 5.